The molecule has 2 aliphatic rings. The van der Waals surface area contributed by atoms with Gasteiger partial charge >= 0.3 is 0 Å². The van der Waals surface area contributed by atoms with E-state index in [4.69, 9.17) is 0 Å². The summed E-state index contributed by atoms with van der Waals surface area (Å²) in [4.78, 5) is 15.2. The van der Waals surface area contributed by atoms with Crippen molar-refractivity contribution in [1.29, 1.82) is 0 Å². The minimum atomic E-state index is -1.29. The van der Waals surface area contributed by atoms with Gasteiger partial charge in [-0.1, -0.05) is 52.4 Å². The van der Waals surface area contributed by atoms with Crippen molar-refractivity contribution in [1.82, 2.24) is 10.2 Å². The zero-order chi connectivity index (χ0) is 23.4. The summed E-state index contributed by atoms with van der Waals surface area (Å²) in [5, 5.41) is 43.8. The number of nitrogens with zero attached hydrogens (tertiary/aromatic N) is 1. The Morgan fingerprint density at radius 2 is 1.48 bits per heavy atom. The number of rotatable bonds is 6. The Bertz CT molecular complexity index is 585. The minimum Gasteiger partial charge on any atom is -0.395 e. The molecular formula is C24H46N2O5. The Balaban J connectivity index is 2.11. The number of likely N-dealkylation sites (tertiary alicyclic amines) is 1. The molecule has 1 aliphatic heterocycles. The van der Waals surface area contributed by atoms with E-state index in [0.717, 1.165) is 25.7 Å². The molecule has 1 saturated heterocycles. The molecule has 31 heavy (non-hydrogen) atoms. The lowest BCUT2D eigenvalue weighted by molar-refractivity contribution is -0.170. The maximum absolute atomic E-state index is 13.4. The van der Waals surface area contributed by atoms with Crippen LogP contribution in [0.15, 0.2) is 0 Å². The molecule has 1 saturated carbocycles. The highest BCUT2D eigenvalue weighted by atomic mass is 16.4. The molecule has 5 N–H and O–H groups in total. The first-order valence-corrected chi connectivity index (χ1v) is 12.1. The van der Waals surface area contributed by atoms with Gasteiger partial charge in [0.05, 0.1) is 18.8 Å². The van der Waals surface area contributed by atoms with Crippen LogP contribution in [0.4, 0.5) is 0 Å². The summed E-state index contributed by atoms with van der Waals surface area (Å²) in [6, 6.07) is -0.695. The average Bonchev–Trinajstić information content (AvgIpc) is 2.77. The maximum Gasteiger partial charge on any atom is 0.226 e. The monoisotopic (exact) mass is 442 g/mol. The summed E-state index contributed by atoms with van der Waals surface area (Å²) in [5.41, 5.74) is -1.47. The molecule has 182 valence electrons. The van der Waals surface area contributed by atoms with Crippen molar-refractivity contribution >= 4 is 5.91 Å². The molecule has 0 radical (unpaired) electrons. The van der Waals surface area contributed by atoms with Crippen molar-refractivity contribution in [2.45, 2.75) is 128 Å². The summed E-state index contributed by atoms with van der Waals surface area (Å²) in [7, 11) is 0. The normalized spacial score (nSPS) is 31.4. The molecule has 0 spiro atoms. The Hall–Kier alpha value is -0.730. The number of carbonyl (C=O) groups is 1. The number of β-amino-alcohol motifs (C(OH)–C–C–N with tert-alkyl or cyclic N) is 1. The largest absolute Gasteiger partial charge is 0.395 e. The first-order chi connectivity index (χ1) is 14.3. The third-order valence-electron chi connectivity index (χ3n) is 7.50. The summed E-state index contributed by atoms with van der Waals surface area (Å²) in [5.74, 6) is 0.0148. The molecule has 1 amide bonds. The molecule has 0 aromatic rings. The topological polar surface area (TPSA) is 113 Å². The van der Waals surface area contributed by atoms with Crippen LogP contribution in [0, 0.1) is 5.41 Å². The van der Waals surface area contributed by atoms with E-state index in [0.29, 0.717) is 6.42 Å². The van der Waals surface area contributed by atoms with E-state index in [1.165, 1.54) is 25.7 Å². The zero-order valence-electron chi connectivity index (χ0n) is 20.2. The molecule has 0 aromatic heterocycles. The van der Waals surface area contributed by atoms with Gasteiger partial charge in [-0.25, -0.2) is 0 Å². The van der Waals surface area contributed by atoms with Gasteiger partial charge in [-0.05, 0) is 40.0 Å². The van der Waals surface area contributed by atoms with Crippen molar-refractivity contribution in [3.05, 3.63) is 0 Å². The van der Waals surface area contributed by atoms with Crippen molar-refractivity contribution in [2.75, 3.05) is 13.2 Å². The van der Waals surface area contributed by atoms with E-state index in [9.17, 15) is 25.2 Å². The molecule has 2 fully saturated rings. The molecule has 4 unspecified atom stereocenters. The van der Waals surface area contributed by atoms with Crippen LogP contribution >= 0.6 is 0 Å². The summed E-state index contributed by atoms with van der Waals surface area (Å²) < 4.78 is 0. The maximum atomic E-state index is 13.4. The van der Waals surface area contributed by atoms with Crippen LogP contribution in [0.2, 0.25) is 0 Å². The van der Waals surface area contributed by atoms with Crippen LogP contribution in [0.5, 0.6) is 0 Å². The SMILES string of the molecule is CC1(NC(=O)C(C)(C)CC(C)(C)N2CC(O)C(O)C(O)C2CO)CCCCCCCC1. The number of carbonyl (C=O) groups excluding carboxylic acids is 1. The van der Waals surface area contributed by atoms with Crippen LogP contribution in [-0.2, 0) is 4.79 Å². The van der Waals surface area contributed by atoms with Gasteiger partial charge in [-0.3, -0.25) is 9.69 Å². The first kappa shape index (κ1) is 26.5. The number of hydrogen-bond acceptors (Lipinski definition) is 6. The van der Waals surface area contributed by atoms with Crippen LogP contribution < -0.4 is 5.32 Å². The molecule has 0 aromatic carbocycles. The first-order valence-electron chi connectivity index (χ1n) is 12.1. The van der Waals surface area contributed by atoms with Gasteiger partial charge in [-0.2, -0.15) is 0 Å². The van der Waals surface area contributed by atoms with Crippen LogP contribution in [0.1, 0.15) is 92.4 Å². The predicted molar refractivity (Wildman–Crippen MR) is 122 cm³/mol. The van der Waals surface area contributed by atoms with Gasteiger partial charge in [0.1, 0.15) is 12.2 Å². The number of nitrogens with one attached hydrogen (secondary N) is 1. The molecule has 4 atom stereocenters. The van der Waals surface area contributed by atoms with Gasteiger partial charge in [0.2, 0.25) is 5.91 Å². The molecule has 1 heterocycles. The molecule has 0 bridgehead atoms. The van der Waals surface area contributed by atoms with E-state index >= 15 is 0 Å². The summed E-state index contributed by atoms with van der Waals surface area (Å²) in [6.07, 6.45) is 6.08. The van der Waals surface area contributed by atoms with Gasteiger partial charge in [-0.15, -0.1) is 0 Å². The summed E-state index contributed by atoms with van der Waals surface area (Å²) >= 11 is 0. The number of amides is 1. The molecule has 2 rings (SSSR count). The second-order valence-electron chi connectivity index (χ2n) is 11.5. The third kappa shape index (κ3) is 6.64. The van der Waals surface area contributed by atoms with Gasteiger partial charge < -0.3 is 25.7 Å². The quantitative estimate of drug-likeness (QED) is 0.430. The van der Waals surface area contributed by atoms with Crippen molar-refractivity contribution in [2.24, 2.45) is 5.41 Å². The Morgan fingerprint density at radius 3 is 2.00 bits per heavy atom. The predicted octanol–water partition coefficient (Wildman–Crippen LogP) is 1.95. The van der Waals surface area contributed by atoms with E-state index < -0.39 is 35.3 Å². The highest BCUT2D eigenvalue weighted by Crippen LogP contribution is 2.37. The number of piperidine rings is 1. The molecule has 7 heteroatoms. The fourth-order valence-electron chi connectivity index (χ4n) is 5.68. The van der Waals surface area contributed by atoms with Gasteiger partial charge in [0, 0.05) is 23.0 Å². The number of hydrogen-bond donors (Lipinski definition) is 5. The van der Waals surface area contributed by atoms with Crippen LogP contribution in [0.3, 0.4) is 0 Å². The number of aliphatic hydroxyl groups is 4. The zero-order valence-corrected chi connectivity index (χ0v) is 20.2. The van der Waals surface area contributed by atoms with E-state index in [1.54, 1.807) is 0 Å². The highest BCUT2D eigenvalue weighted by molar-refractivity contribution is 5.82. The highest BCUT2D eigenvalue weighted by Gasteiger charge is 2.48. The summed E-state index contributed by atoms with van der Waals surface area (Å²) in [6.45, 7) is 9.75. The number of aliphatic hydroxyl groups excluding tert-OH is 4. The Labute approximate surface area is 188 Å². The fourth-order valence-corrected chi connectivity index (χ4v) is 5.68. The second kappa shape index (κ2) is 10.5. The van der Waals surface area contributed by atoms with E-state index in [2.05, 4.69) is 12.2 Å². The Morgan fingerprint density at radius 1 is 0.968 bits per heavy atom. The van der Waals surface area contributed by atoms with E-state index in [1.807, 2.05) is 32.6 Å². The third-order valence-corrected chi connectivity index (χ3v) is 7.50. The lowest BCUT2D eigenvalue weighted by Crippen LogP contribution is -2.68. The lowest BCUT2D eigenvalue weighted by Gasteiger charge is -2.52. The Kier molecular flexibility index (Phi) is 8.96. The average molecular weight is 443 g/mol. The standard InChI is InChI=1S/C24H46N2O5/c1-22(2,21(31)25-24(5)12-10-8-6-7-9-11-13-24)16-23(3,4)26-14-18(28)20(30)19(29)17(26)15-27/h17-20,27-30H,6-16H2,1-5H3,(H,25,31). The van der Waals surface area contributed by atoms with Gasteiger partial charge in [0.15, 0.2) is 0 Å². The van der Waals surface area contributed by atoms with Crippen molar-refractivity contribution in [3.8, 4) is 0 Å². The molecule has 1 aliphatic carbocycles. The fraction of sp³-hybridized carbons (Fsp3) is 0.958. The van der Waals surface area contributed by atoms with Crippen molar-refractivity contribution in [3.63, 3.8) is 0 Å². The molecular weight excluding hydrogens is 396 g/mol. The molecule has 7 nitrogen and oxygen atoms in total. The lowest BCUT2D eigenvalue weighted by atomic mass is 9.75. The van der Waals surface area contributed by atoms with Crippen LogP contribution in [0.25, 0.3) is 0 Å². The van der Waals surface area contributed by atoms with Gasteiger partial charge in [0.25, 0.3) is 0 Å². The van der Waals surface area contributed by atoms with E-state index in [-0.39, 0.29) is 24.6 Å². The second-order valence-corrected chi connectivity index (χ2v) is 11.5. The van der Waals surface area contributed by atoms with Crippen LogP contribution in [-0.4, -0.2) is 79.8 Å². The van der Waals surface area contributed by atoms with Crippen molar-refractivity contribution < 1.29 is 25.2 Å². The smallest absolute Gasteiger partial charge is 0.226 e. The minimum absolute atomic E-state index is 0.0148.